The number of benzene rings is 2. The largest absolute Gasteiger partial charge is 0.229 e. The third kappa shape index (κ3) is 3.78. The Morgan fingerprint density at radius 1 is 0.846 bits per heavy atom. The lowest BCUT2D eigenvalue weighted by Gasteiger charge is -2.11. The molecule has 2 aromatic carbocycles. The van der Waals surface area contributed by atoms with Crippen LogP contribution in [0, 0.1) is 0 Å². The maximum atomic E-state index is 11.7. The van der Waals surface area contributed by atoms with Crippen molar-refractivity contribution in [2.24, 2.45) is 0 Å². The fourth-order valence-electron chi connectivity index (χ4n) is 2.95. The molecule has 26 heavy (non-hydrogen) atoms. The van der Waals surface area contributed by atoms with Gasteiger partial charge in [0.05, 0.1) is 11.5 Å². The van der Waals surface area contributed by atoms with Gasteiger partial charge in [-0.2, -0.15) is 0 Å². The summed E-state index contributed by atoms with van der Waals surface area (Å²) in [7, 11) is -2.93. The Bertz CT molecular complexity index is 1010. The van der Waals surface area contributed by atoms with Crippen LogP contribution in [0.5, 0.6) is 0 Å². The van der Waals surface area contributed by atoms with E-state index < -0.39 is 9.84 Å². The fourth-order valence-corrected chi connectivity index (χ4v) is 6.30. The van der Waals surface area contributed by atoms with Crippen LogP contribution in [-0.4, -0.2) is 40.4 Å². The molecule has 7 heteroatoms. The molecule has 1 unspecified atom stereocenters. The van der Waals surface area contributed by atoms with Gasteiger partial charge in [0.25, 0.3) is 0 Å². The van der Waals surface area contributed by atoms with Crippen molar-refractivity contribution >= 4 is 21.6 Å². The van der Waals surface area contributed by atoms with E-state index in [-0.39, 0.29) is 16.8 Å². The number of hydrogen-bond donors (Lipinski definition) is 0. The zero-order valence-corrected chi connectivity index (χ0v) is 15.6. The van der Waals surface area contributed by atoms with Crippen LogP contribution in [0.4, 0.5) is 0 Å². The van der Waals surface area contributed by atoms with E-state index in [4.69, 9.17) is 4.98 Å². The summed E-state index contributed by atoms with van der Waals surface area (Å²) in [6, 6.07) is 19.7. The van der Waals surface area contributed by atoms with Crippen LogP contribution in [0.25, 0.3) is 22.5 Å². The number of hydrogen-bond acceptors (Lipinski definition) is 6. The van der Waals surface area contributed by atoms with Crippen molar-refractivity contribution < 1.29 is 8.42 Å². The van der Waals surface area contributed by atoms with E-state index in [1.165, 1.54) is 11.8 Å². The van der Waals surface area contributed by atoms with Gasteiger partial charge < -0.3 is 0 Å². The minimum atomic E-state index is -2.93. The molecule has 0 radical (unpaired) electrons. The summed E-state index contributed by atoms with van der Waals surface area (Å²) in [6.45, 7) is 0. The Morgan fingerprint density at radius 3 is 2.04 bits per heavy atom. The number of aromatic nitrogens is 3. The molecule has 1 saturated heterocycles. The fraction of sp³-hybridized carbons (Fsp3) is 0.211. The highest BCUT2D eigenvalue weighted by Crippen LogP contribution is 2.33. The molecule has 3 aromatic rings. The van der Waals surface area contributed by atoms with Gasteiger partial charge in [0.15, 0.2) is 9.84 Å². The first-order chi connectivity index (χ1) is 12.6. The van der Waals surface area contributed by atoms with Crippen molar-refractivity contribution in [2.75, 3.05) is 11.5 Å². The normalized spacial score (nSPS) is 18.7. The van der Waals surface area contributed by atoms with Gasteiger partial charge in [-0.15, -0.1) is 10.2 Å². The second kappa shape index (κ2) is 7.17. The van der Waals surface area contributed by atoms with E-state index in [1.807, 2.05) is 60.7 Å². The summed E-state index contributed by atoms with van der Waals surface area (Å²) in [5, 5.41) is 9.19. The zero-order chi connectivity index (χ0) is 18.0. The second-order valence-corrected chi connectivity index (χ2v) is 9.66. The van der Waals surface area contributed by atoms with Crippen LogP contribution >= 0.6 is 11.8 Å². The Labute approximate surface area is 156 Å². The van der Waals surface area contributed by atoms with Crippen LogP contribution in [0.15, 0.2) is 65.8 Å². The first-order valence-electron chi connectivity index (χ1n) is 8.33. The predicted molar refractivity (Wildman–Crippen MR) is 104 cm³/mol. The summed E-state index contributed by atoms with van der Waals surface area (Å²) in [4.78, 5) is 4.73. The lowest BCUT2D eigenvalue weighted by atomic mass is 10.0. The van der Waals surface area contributed by atoms with Crippen LogP contribution in [0.1, 0.15) is 6.42 Å². The average Bonchev–Trinajstić information content (AvgIpc) is 3.01. The van der Waals surface area contributed by atoms with Gasteiger partial charge >= 0.3 is 0 Å². The molecule has 1 fully saturated rings. The molecule has 2 heterocycles. The van der Waals surface area contributed by atoms with Crippen LogP contribution < -0.4 is 0 Å². The molecule has 1 aliphatic rings. The summed E-state index contributed by atoms with van der Waals surface area (Å²) in [6.07, 6.45) is 0.636. The number of sulfone groups is 1. The van der Waals surface area contributed by atoms with Crippen LogP contribution in [-0.2, 0) is 9.84 Å². The third-order valence-corrected chi connectivity index (χ3v) is 7.32. The predicted octanol–water partition coefficient (Wildman–Crippen LogP) is 3.48. The molecule has 0 bridgehead atoms. The third-order valence-electron chi connectivity index (χ3n) is 4.22. The maximum Gasteiger partial charge on any atom is 0.209 e. The molecule has 0 amide bonds. The second-order valence-electron chi connectivity index (χ2n) is 6.17. The van der Waals surface area contributed by atoms with Crippen molar-refractivity contribution in [3.05, 3.63) is 60.7 Å². The lowest BCUT2D eigenvalue weighted by molar-refractivity contribution is 0.602. The topological polar surface area (TPSA) is 72.8 Å². The zero-order valence-electron chi connectivity index (χ0n) is 13.9. The van der Waals surface area contributed by atoms with Crippen molar-refractivity contribution in [2.45, 2.75) is 16.8 Å². The molecule has 0 N–H and O–H groups in total. The highest BCUT2D eigenvalue weighted by atomic mass is 32.2. The van der Waals surface area contributed by atoms with Gasteiger partial charge in [-0.05, 0) is 6.42 Å². The summed E-state index contributed by atoms with van der Waals surface area (Å²) < 4.78 is 23.4. The molecule has 1 aliphatic heterocycles. The monoisotopic (exact) mass is 383 g/mol. The molecule has 5 nitrogen and oxygen atoms in total. The van der Waals surface area contributed by atoms with Gasteiger partial charge in [0, 0.05) is 16.4 Å². The summed E-state index contributed by atoms with van der Waals surface area (Å²) in [5.74, 6) is 0.424. The Kier molecular flexibility index (Phi) is 4.74. The summed E-state index contributed by atoms with van der Waals surface area (Å²) >= 11 is 1.40. The van der Waals surface area contributed by atoms with Gasteiger partial charge in [-0.25, -0.2) is 13.4 Å². The molecule has 132 valence electrons. The smallest absolute Gasteiger partial charge is 0.209 e. The standard InChI is InChI=1S/C19H17N3O2S2/c23-26(24)12-11-16(13-26)25-19-20-17(14-7-3-1-4-8-14)18(21-22-19)15-9-5-2-6-10-15/h1-10,16H,11-13H2. The molecular formula is C19H17N3O2S2. The average molecular weight is 383 g/mol. The van der Waals surface area contributed by atoms with Crippen LogP contribution in [0.2, 0.25) is 0 Å². The van der Waals surface area contributed by atoms with Crippen molar-refractivity contribution in [3.8, 4) is 22.5 Å². The van der Waals surface area contributed by atoms with Gasteiger partial charge in [-0.1, -0.05) is 72.4 Å². The van der Waals surface area contributed by atoms with E-state index in [0.29, 0.717) is 11.6 Å². The van der Waals surface area contributed by atoms with E-state index in [0.717, 1.165) is 22.5 Å². The number of thioether (sulfide) groups is 1. The molecule has 0 aliphatic carbocycles. The number of rotatable bonds is 4. The van der Waals surface area contributed by atoms with Crippen molar-refractivity contribution in [1.82, 2.24) is 15.2 Å². The lowest BCUT2D eigenvalue weighted by Crippen LogP contribution is -2.08. The van der Waals surface area contributed by atoms with Gasteiger partial charge in [0.2, 0.25) is 5.16 Å². The quantitative estimate of drug-likeness (QED) is 0.687. The Balaban J connectivity index is 1.73. The first kappa shape index (κ1) is 17.2. The molecule has 1 aromatic heterocycles. The molecule has 1 atom stereocenters. The van der Waals surface area contributed by atoms with Gasteiger partial charge in [0.1, 0.15) is 11.4 Å². The molecular weight excluding hydrogens is 366 g/mol. The van der Waals surface area contributed by atoms with E-state index in [9.17, 15) is 8.42 Å². The molecule has 4 rings (SSSR count). The number of nitrogens with zero attached hydrogens (tertiary/aromatic N) is 3. The Hall–Kier alpha value is -2.25. The minimum absolute atomic E-state index is 0.00648. The summed E-state index contributed by atoms with van der Waals surface area (Å²) in [5.41, 5.74) is 3.39. The minimum Gasteiger partial charge on any atom is -0.229 e. The Morgan fingerprint density at radius 2 is 1.46 bits per heavy atom. The highest BCUT2D eigenvalue weighted by Gasteiger charge is 2.29. The van der Waals surface area contributed by atoms with Crippen molar-refractivity contribution in [1.29, 1.82) is 0 Å². The molecule has 0 saturated carbocycles. The van der Waals surface area contributed by atoms with Crippen molar-refractivity contribution in [3.63, 3.8) is 0 Å². The van der Waals surface area contributed by atoms with Gasteiger partial charge in [-0.3, -0.25) is 0 Å². The first-order valence-corrected chi connectivity index (χ1v) is 11.0. The highest BCUT2D eigenvalue weighted by molar-refractivity contribution is 8.01. The van der Waals surface area contributed by atoms with E-state index in [2.05, 4.69) is 10.2 Å². The van der Waals surface area contributed by atoms with Crippen LogP contribution in [0.3, 0.4) is 0 Å². The maximum absolute atomic E-state index is 11.7. The molecule has 0 spiro atoms. The van der Waals surface area contributed by atoms with E-state index in [1.54, 1.807) is 0 Å². The van der Waals surface area contributed by atoms with E-state index >= 15 is 0 Å². The SMILES string of the molecule is O=S1(=O)CCC(Sc2nnc(-c3ccccc3)c(-c3ccccc3)n2)C1.